The van der Waals surface area contributed by atoms with E-state index in [2.05, 4.69) is 20.3 Å². The summed E-state index contributed by atoms with van der Waals surface area (Å²) in [6.45, 7) is 6.18. The second kappa shape index (κ2) is 6.22. The molecule has 2 aromatic rings. The fraction of sp³-hybridized carbons (Fsp3) is 0.667. The predicted molar refractivity (Wildman–Crippen MR) is 87.0 cm³/mol. The van der Waals surface area contributed by atoms with E-state index in [1.54, 1.807) is 15.6 Å². The van der Waals surface area contributed by atoms with E-state index in [-0.39, 0.29) is 6.04 Å². The number of piperidine rings is 1. The van der Waals surface area contributed by atoms with E-state index < -0.39 is 5.60 Å². The van der Waals surface area contributed by atoms with E-state index in [1.807, 2.05) is 27.1 Å². The van der Waals surface area contributed by atoms with Gasteiger partial charge in [-0.3, -0.25) is 9.58 Å². The highest BCUT2D eigenvalue weighted by atomic mass is 35.5. The van der Waals surface area contributed by atoms with E-state index in [4.69, 9.17) is 11.6 Å². The lowest BCUT2D eigenvalue weighted by atomic mass is 9.90. The summed E-state index contributed by atoms with van der Waals surface area (Å²) in [5, 5.41) is 24.2. The van der Waals surface area contributed by atoms with E-state index in [1.165, 1.54) is 0 Å². The molecule has 0 bridgehead atoms. The number of halogens is 1. The molecule has 126 valence electrons. The van der Waals surface area contributed by atoms with Gasteiger partial charge in [-0.15, -0.1) is 5.10 Å². The molecule has 1 N–H and O–H groups in total. The van der Waals surface area contributed by atoms with Gasteiger partial charge in [0.2, 0.25) is 0 Å². The summed E-state index contributed by atoms with van der Waals surface area (Å²) in [6, 6.07) is 0.229. The van der Waals surface area contributed by atoms with Gasteiger partial charge in [0.25, 0.3) is 0 Å². The van der Waals surface area contributed by atoms with Crippen LogP contribution >= 0.6 is 11.6 Å². The highest BCUT2D eigenvalue weighted by molar-refractivity contribution is 6.31. The van der Waals surface area contributed by atoms with Gasteiger partial charge in [0.05, 0.1) is 23.1 Å². The Balaban J connectivity index is 1.76. The number of likely N-dealkylation sites (tertiary alicyclic amines) is 1. The first-order chi connectivity index (χ1) is 10.9. The number of hydrogen-bond donors (Lipinski definition) is 1. The third kappa shape index (κ3) is 3.27. The van der Waals surface area contributed by atoms with E-state index in [0.717, 1.165) is 18.7 Å². The first-order valence-corrected chi connectivity index (χ1v) is 8.30. The fourth-order valence-corrected chi connectivity index (χ4v) is 3.26. The molecule has 2 aromatic heterocycles. The quantitative estimate of drug-likeness (QED) is 0.919. The van der Waals surface area contributed by atoms with Crippen LogP contribution in [0.25, 0.3) is 0 Å². The minimum Gasteiger partial charge on any atom is -0.382 e. The summed E-state index contributed by atoms with van der Waals surface area (Å²) in [7, 11) is 1.88. The SMILES string of the molecule is CC(C)n1cc(C2(O)CCCN(Cc3c(Cl)cnn3C)C2)nn1. The Labute approximate surface area is 140 Å². The van der Waals surface area contributed by atoms with Crippen molar-refractivity contribution in [1.29, 1.82) is 0 Å². The Bertz CT molecular complexity index is 662. The molecule has 3 rings (SSSR count). The van der Waals surface area contributed by atoms with Crippen molar-refractivity contribution in [2.24, 2.45) is 7.05 Å². The minimum atomic E-state index is -0.962. The molecule has 7 nitrogen and oxygen atoms in total. The maximum Gasteiger partial charge on any atom is 0.123 e. The molecule has 1 aliphatic heterocycles. The maximum absolute atomic E-state index is 11.1. The molecule has 0 aliphatic carbocycles. The first-order valence-electron chi connectivity index (χ1n) is 7.92. The van der Waals surface area contributed by atoms with Gasteiger partial charge in [0.15, 0.2) is 0 Å². The lowest BCUT2D eigenvalue weighted by Crippen LogP contribution is -2.46. The molecule has 3 heterocycles. The lowest BCUT2D eigenvalue weighted by molar-refractivity contribution is -0.0420. The van der Waals surface area contributed by atoms with Crippen molar-refractivity contribution in [3.63, 3.8) is 0 Å². The number of aliphatic hydroxyl groups is 1. The number of nitrogens with zero attached hydrogens (tertiary/aromatic N) is 6. The number of aromatic nitrogens is 5. The standard InChI is InChI=1S/C15H23ClN6O/c1-11(2)22-9-14(18-19-22)15(23)5-4-6-21(10-15)8-13-12(16)7-17-20(13)3/h7,9,11,23H,4-6,8,10H2,1-3H3. The van der Waals surface area contributed by atoms with Crippen LogP contribution in [-0.4, -0.2) is 47.9 Å². The zero-order valence-electron chi connectivity index (χ0n) is 13.8. The molecule has 0 saturated carbocycles. The second-order valence-corrected chi connectivity index (χ2v) is 6.99. The zero-order valence-corrected chi connectivity index (χ0v) is 14.5. The molecule has 0 aromatic carbocycles. The third-order valence-electron chi connectivity index (χ3n) is 4.45. The van der Waals surface area contributed by atoms with Crippen LogP contribution in [0.1, 0.15) is 44.1 Å². The Morgan fingerprint density at radius 2 is 2.22 bits per heavy atom. The van der Waals surface area contributed by atoms with Crippen LogP contribution < -0.4 is 0 Å². The van der Waals surface area contributed by atoms with E-state index >= 15 is 0 Å². The van der Waals surface area contributed by atoms with Crippen molar-refractivity contribution in [2.75, 3.05) is 13.1 Å². The second-order valence-electron chi connectivity index (χ2n) is 6.59. The highest BCUT2D eigenvalue weighted by Gasteiger charge is 2.38. The maximum atomic E-state index is 11.1. The molecule has 8 heteroatoms. The van der Waals surface area contributed by atoms with Crippen molar-refractivity contribution in [3.05, 3.63) is 28.8 Å². The Morgan fingerprint density at radius 3 is 2.83 bits per heavy atom. The smallest absolute Gasteiger partial charge is 0.123 e. The Hall–Kier alpha value is -1.44. The van der Waals surface area contributed by atoms with Crippen molar-refractivity contribution in [1.82, 2.24) is 29.7 Å². The van der Waals surface area contributed by atoms with Crippen LogP contribution in [0, 0.1) is 0 Å². The number of β-amino-alcohol motifs (C(OH)–C–C–N with tert-alkyl or cyclic N) is 1. The molecule has 1 aliphatic rings. The molecular formula is C15H23ClN6O. The molecule has 23 heavy (non-hydrogen) atoms. The van der Waals surface area contributed by atoms with Crippen molar-refractivity contribution in [2.45, 2.75) is 44.9 Å². The normalized spacial score (nSPS) is 22.9. The molecular weight excluding hydrogens is 316 g/mol. The largest absolute Gasteiger partial charge is 0.382 e. The van der Waals surface area contributed by atoms with Gasteiger partial charge < -0.3 is 5.11 Å². The van der Waals surface area contributed by atoms with Crippen LogP contribution in [-0.2, 0) is 19.2 Å². The molecule has 1 unspecified atom stereocenters. The molecule has 0 spiro atoms. The van der Waals surface area contributed by atoms with Gasteiger partial charge in [-0.25, -0.2) is 4.68 Å². The Morgan fingerprint density at radius 1 is 1.43 bits per heavy atom. The summed E-state index contributed by atoms with van der Waals surface area (Å²) in [5.41, 5.74) is 0.643. The third-order valence-corrected chi connectivity index (χ3v) is 4.77. The molecule has 1 fully saturated rings. The predicted octanol–water partition coefficient (Wildman–Crippen LogP) is 1.73. The van der Waals surface area contributed by atoms with Gasteiger partial charge in [0.1, 0.15) is 11.3 Å². The molecule has 0 radical (unpaired) electrons. The van der Waals surface area contributed by atoms with Crippen LogP contribution in [0.15, 0.2) is 12.4 Å². The van der Waals surface area contributed by atoms with E-state index in [0.29, 0.717) is 30.2 Å². The first kappa shape index (κ1) is 16.4. The van der Waals surface area contributed by atoms with Crippen LogP contribution in [0.3, 0.4) is 0 Å². The summed E-state index contributed by atoms with van der Waals surface area (Å²) in [4.78, 5) is 2.20. The summed E-state index contributed by atoms with van der Waals surface area (Å²) < 4.78 is 3.56. The molecule has 1 saturated heterocycles. The summed E-state index contributed by atoms with van der Waals surface area (Å²) in [5.74, 6) is 0. The highest BCUT2D eigenvalue weighted by Crippen LogP contribution is 2.31. The van der Waals surface area contributed by atoms with Crippen LogP contribution in [0.4, 0.5) is 0 Å². The van der Waals surface area contributed by atoms with Crippen molar-refractivity contribution in [3.8, 4) is 0 Å². The lowest BCUT2D eigenvalue weighted by Gasteiger charge is -2.37. The van der Waals surface area contributed by atoms with Crippen LogP contribution in [0.2, 0.25) is 5.02 Å². The topological polar surface area (TPSA) is 72.0 Å². The van der Waals surface area contributed by atoms with Gasteiger partial charge in [-0.05, 0) is 33.2 Å². The summed E-state index contributed by atoms with van der Waals surface area (Å²) >= 11 is 6.19. The van der Waals surface area contributed by atoms with Crippen LogP contribution in [0.5, 0.6) is 0 Å². The monoisotopic (exact) mass is 338 g/mol. The number of rotatable bonds is 4. The summed E-state index contributed by atoms with van der Waals surface area (Å²) in [6.07, 6.45) is 5.10. The minimum absolute atomic E-state index is 0.229. The molecule has 1 atom stereocenters. The van der Waals surface area contributed by atoms with Crippen molar-refractivity contribution < 1.29 is 5.11 Å². The fourth-order valence-electron chi connectivity index (χ4n) is 3.04. The number of hydrogen-bond acceptors (Lipinski definition) is 5. The van der Waals surface area contributed by atoms with Gasteiger partial charge in [-0.1, -0.05) is 16.8 Å². The van der Waals surface area contributed by atoms with Gasteiger partial charge in [0, 0.05) is 26.2 Å². The average molecular weight is 339 g/mol. The van der Waals surface area contributed by atoms with Gasteiger partial charge >= 0.3 is 0 Å². The van der Waals surface area contributed by atoms with Gasteiger partial charge in [-0.2, -0.15) is 5.10 Å². The number of aryl methyl sites for hydroxylation is 1. The Kier molecular flexibility index (Phi) is 4.44. The molecule has 0 amide bonds. The zero-order chi connectivity index (χ0) is 16.6. The average Bonchev–Trinajstić information content (AvgIpc) is 3.11. The van der Waals surface area contributed by atoms with E-state index in [9.17, 15) is 5.11 Å². The van der Waals surface area contributed by atoms with Crippen molar-refractivity contribution >= 4 is 11.6 Å².